The van der Waals surface area contributed by atoms with Crippen LogP contribution in [0.5, 0.6) is 5.75 Å². The molecule has 1 aromatic rings. The minimum Gasteiger partial charge on any atom is -0.434 e. The number of Topliss-reactive ketones (excluding diaryl/α,β-unsaturated/α-hetero) is 1. The predicted molar refractivity (Wildman–Crippen MR) is 53.0 cm³/mol. The fourth-order valence-electron chi connectivity index (χ4n) is 1.25. The molecule has 94 valence electrons. The quantitative estimate of drug-likeness (QED) is 0.609. The Kier molecular flexibility index (Phi) is 4.34. The maximum atomic E-state index is 12.7. The Morgan fingerprint density at radius 2 is 1.88 bits per heavy atom. The second-order valence-electron chi connectivity index (χ2n) is 3.07. The highest BCUT2D eigenvalue weighted by molar-refractivity contribution is 6.34. The zero-order valence-corrected chi connectivity index (χ0v) is 9.27. The van der Waals surface area contributed by atoms with Gasteiger partial charge in [-0.05, 0) is 19.1 Å². The largest absolute Gasteiger partial charge is 0.434 e. The third kappa shape index (κ3) is 3.09. The molecule has 2 nitrogen and oxygen atoms in total. The lowest BCUT2D eigenvalue weighted by molar-refractivity contribution is -0.0519. The van der Waals surface area contributed by atoms with E-state index >= 15 is 0 Å². The minimum absolute atomic E-state index is 0.163. The van der Waals surface area contributed by atoms with Crippen LogP contribution in [0.25, 0.3) is 0 Å². The molecule has 0 aliphatic carbocycles. The second-order valence-corrected chi connectivity index (χ2v) is 3.45. The van der Waals surface area contributed by atoms with Gasteiger partial charge in [0.05, 0.1) is 10.6 Å². The molecule has 0 fully saturated rings. The van der Waals surface area contributed by atoms with Gasteiger partial charge in [-0.3, -0.25) is 4.79 Å². The summed E-state index contributed by atoms with van der Waals surface area (Å²) in [4.78, 5) is 11.1. The number of hydrogen-bond donors (Lipinski definition) is 0. The van der Waals surface area contributed by atoms with Crippen molar-refractivity contribution < 1.29 is 27.1 Å². The first-order valence-corrected chi connectivity index (χ1v) is 4.78. The van der Waals surface area contributed by atoms with Crippen molar-refractivity contribution in [3.05, 3.63) is 28.3 Å². The third-order valence-corrected chi connectivity index (χ3v) is 2.36. The number of hydrogen-bond acceptors (Lipinski definition) is 2. The molecule has 1 rings (SSSR count). The number of ketones is 1. The lowest BCUT2D eigenvalue weighted by atomic mass is 10.1. The van der Waals surface area contributed by atoms with E-state index in [1.807, 2.05) is 0 Å². The van der Waals surface area contributed by atoms with Crippen LogP contribution in [0.3, 0.4) is 0 Å². The number of halogens is 5. The minimum atomic E-state index is -3.24. The van der Waals surface area contributed by atoms with Crippen LogP contribution in [-0.4, -0.2) is 12.4 Å². The summed E-state index contributed by atoms with van der Waals surface area (Å²) < 4.78 is 53.2. The van der Waals surface area contributed by atoms with E-state index in [2.05, 4.69) is 4.74 Å². The summed E-state index contributed by atoms with van der Waals surface area (Å²) >= 11 is 5.56. The van der Waals surface area contributed by atoms with E-state index in [0.29, 0.717) is 0 Å². The van der Waals surface area contributed by atoms with E-state index in [0.717, 1.165) is 19.1 Å². The van der Waals surface area contributed by atoms with Crippen molar-refractivity contribution in [3.8, 4) is 5.75 Å². The van der Waals surface area contributed by atoms with Gasteiger partial charge in [0.25, 0.3) is 6.43 Å². The molecule has 0 heterocycles. The van der Waals surface area contributed by atoms with Gasteiger partial charge in [0.1, 0.15) is 5.75 Å². The van der Waals surface area contributed by atoms with Crippen LogP contribution in [0.15, 0.2) is 12.1 Å². The van der Waals surface area contributed by atoms with Gasteiger partial charge in [-0.1, -0.05) is 11.6 Å². The second kappa shape index (κ2) is 5.35. The average Bonchev–Trinajstić information content (AvgIpc) is 2.15. The maximum absolute atomic E-state index is 12.7. The zero-order chi connectivity index (χ0) is 13.2. The molecule has 0 atom stereocenters. The summed E-state index contributed by atoms with van der Waals surface area (Å²) in [7, 11) is 0. The van der Waals surface area contributed by atoms with E-state index < -0.39 is 35.2 Å². The van der Waals surface area contributed by atoms with Gasteiger partial charge in [-0.2, -0.15) is 8.78 Å². The van der Waals surface area contributed by atoms with Crippen LogP contribution >= 0.6 is 11.6 Å². The molecule has 7 heteroatoms. The zero-order valence-electron chi connectivity index (χ0n) is 8.52. The van der Waals surface area contributed by atoms with Crippen LogP contribution in [0.1, 0.15) is 29.3 Å². The van der Waals surface area contributed by atoms with Crippen molar-refractivity contribution in [3.63, 3.8) is 0 Å². The number of ether oxygens (including phenoxy) is 1. The fraction of sp³-hybridized carbons (Fsp3) is 0.300. The predicted octanol–water partition coefficient (Wildman–Crippen LogP) is 4.08. The van der Waals surface area contributed by atoms with Gasteiger partial charge < -0.3 is 4.74 Å². The van der Waals surface area contributed by atoms with Crippen molar-refractivity contribution in [2.45, 2.75) is 20.0 Å². The molecule has 0 aromatic heterocycles. The Morgan fingerprint density at radius 1 is 1.29 bits per heavy atom. The monoisotopic (exact) mass is 270 g/mol. The van der Waals surface area contributed by atoms with Gasteiger partial charge >= 0.3 is 6.61 Å². The van der Waals surface area contributed by atoms with Crippen molar-refractivity contribution in [1.82, 2.24) is 0 Å². The van der Waals surface area contributed by atoms with Crippen LogP contribution in [0.2, 0.25) is 5.02 Å². The summed E-state index contributed by atoms with van der Waals surface area (Å²) in [6, 6.07) is 1.94. The Hall–Kier alpha value is -1.30. The van der Waals surface area contributed by atoms with E-state index in [1.165, 1.54) is 0 Å². The number of carbonyl (C=O) groups is 1. The summed E-state index contributed by atoms with van der Waals surface area (Å²) in [6.45, 7) is -2.11. The van der Waals surface area contributed by atoms with Crippen LogP contribution in [0.4, 0.5) is 17.6 Å². The Morgan fingerprint density at radius 3 is 2.29 bits per heavy atom. The Labute approximate surface area is 99.1 Å². The number of alkyl halides is 4. The molecular weight excluding hydrogens is 264 g/mol. The molecular formula is C10H7ClF4O2. The number of rotatable bonds is 4. The summed E-state index contributed by atoms with van der Waals surface area (Å²) in [6.07, 6.45) is -3.12. The average molecular weight is 271 g/mol. The first-order valence-electron chi connectivity index (χ1n) is 4.41. The fourth-order valence-corrected chi connectivity index (χ4v) is 1.62. The summed E-state index contributed by atoms with van der Waals surface area (Å²) in [5, 5.41) is -0.564. The molecule has 0 amide bonds. The molecule has 0 saturated carbocycles. The van der Waals surface area contributed by atoms with E-state index in [9.17, 15) is 22.4 Å². The Bertz CT molecular complexity index is 435. The molecule has 17 heavy (non-hydrogen) atoms. The van der Waals surface area contributed by atoms with E-state index in [-0.39, 0.29) is 5.56 Å². The molecule has 0 unspecified atom stereocenters. The highest BCUT2D eigenvalue weighted by Crippen LogP contribution is 2.38. The van der Waals surface area contributed by atoms with E-state index in [1.54, 1.807) is 0 Å². The first-order chi connectivity index (χ1) is 7.84. The molecule has 0 saturated heterocycles. The standard InChI is InChI=1S/C10H7ClF4O2/c1-4(16)5-2-3-6(17-10(14)15)7(8(5)11)9(12)13/h2-3,9-10H,1H3. The van der Waals surface area contributed by atoms with Gasteiger partial charge in [0.2, 0.25) is 0 Å². The van der Waals surface area contributed by atoms with Gasteiger partial charge in [0, 0.05) is 5.56 Å². The van der Waals surface area contributed by atoms with Crippen molar-refractivity contribution in [1.29, 1.82) is 0 Å². The SMILES string of the molecule is CC(=O)c1ccc(OC(F)F)c(C(F)F)c1Cl. The Balaban J connectivity index is 3.34. The van der Waals surface area contributed by atoms with Crippen molar-refractivity contribution >= 4 is 17.4 Å². The number of carbonyl (C=O) groups excluding carboxylic acids is 1. The molecule has 0 spiro atoms. The normalized spacial score (nSPS) is 11.1. The van der Waals surface area contributed by atoms with E-state index in [4.69, 9.17) is 11.6 Å². The summed E-state index contributed by atoms with van der Waals surface area (Å²) in [5.74, 6) is -1.27. The molecule has 0 bridgehead atoms. The molecule has 1 aromatic carbocycles. The van der Waals surface area contributed by atoms with Gasteiger partial charge in [0.15, 0.2) is 5.78 Å². The smallest absolute Gasteiger partial charge is 0.387 e. The number of benzene rings is 1. The molecule has 0 radical (unpaired) electrons. The van der Waals surface area contributed by atoms with Gasteiger partial charge in [-0.15, -0.1) is 0 Å². The maximum Gasteiger partial charge on any atom is 0.387 e. The highest BCUT2D eigenvalue weighted by atomic mass is 35.5. The molecule has 0 aliphatic rings. The third-order valence-electron chi connectivity index (χ3n) is 1.95. The van der Waals surface area contributed by atoms with Crippen molar-refractivity contribution in [2.24, 2.45) is 0 Å². The van der Waals surface area contributed by atoms with Crippen molar-refractivity contribution in [2.75, 3.05) is 0 Å². The lowest BCUT2D eigenvalue weighted by Gasteiger charge is -2.13. The van der Waals surface area contributed by atoms with Crippen LogP contribution < -0.4 is 4.74 Å². The summed E-state index contributed by atoms with van der Waals surface area (Å²) in [5.41, 5.74) is -1.07. The van der Waals surface area contributed by atoms with Gasteiger partial charge in [-0.25, -0.2) is 8.78 Å². The highest BCUT2D eigenvalue weighted by Gasteiger charge is 2.24. The van der Waals surface area contributed by atoms with Crippen LogP contribution in [-0.2, 0) is 0 Å². The lowest BCUT2D eigenvalue weighted by Crippen LogP contribution is -2.07. The topological polar surface area (TPSA) is 26.3 Å². The van der Waals surface area contributed by atoms with Crippen LogP contribution in [0, 0.1) is 0 Å². The molecule has 0 N–H and O–H groups in total. The molecule has 0 aliphatic heterocycles. The first kappa shape index (κ1) is 13.8.